The van der Waals surface area contributed by atoms with Crippen molar-refractivity contribution in [2.75, 3.05) is 19.8 Å². The Morgan fingerprint density at radius 3 is 3.12 bits per heavy atom. The van der Waals surface area contributed by atoms with Gasteiger partial charge in [-0.25, -0.2) is 0 Å². The van der Waals surface area contributed by atoms with E-state index < -0.39 is 0 Å². The molecular weight excluding hydrogens is 232 g/mol. The first-order chi connectivity index (χ1) is 8.16. The smallest absolute Gasteiger partial charge is 0.103 e. The number of ether oxygens (including phenoxy) is 1. The van der Waals surface area contributed by atoms with E-state index in [4.69, 9.17) is 22.7 Å². The zero-order valence-corrected chi connectivity index (χ0v) is 10.9. The first-order valence-electron chi connectivity index (χ1n) is 5.87. The molecule has 0 amide bonds. The summed E-state index contributed by atoms with van der Waals surface area (Å²) in [6, 6.07) is 8.62. The van der Waals surface area contributed by atoms with Gasteiger partial charge in [0.15, 0.2) is 0 Å². The molecule has 1 atom stereocenters. The van der Waals surface area contributed by atoms with Crippen LogP contribution in [0.2, 0.25) is 0 Å². The number of benzene rings is 1. The fourth-order valence-electron chi connectivity index (χ4n) is 2.05. The molecule has 1 saturated heterocycles. The highest BCUT2D eigenvalue weighted by molar-refractivity contribution is 7.80. The number of nitrogens with two attached hydrogens (primary N) is 1. The molecule has 1 fully saturated rings. The van der Waals surface area contributed by atoms with E-state index in [1.807, 2.05) is 12.1 Å². The monoisotopic (exact) mass is 250 g/mol. The van der Waals surface area contributed by atoms with Crippen molar-refractivity contribution in [3.8, 4) is 0 Å². The third kappa shape index (κ3) is 3.25. The van der Waals surface area contributed by atoms with Gasteiger partial charge in [-0.3, -0.25) is 4.90 Å². The topological polar surface area (TPSA) is 38.5 Å². The quantitative estimate of drug-likeness (QED) is 0.826. The minimum atomic E-state index is 0.460. The van der Waals surface area contributed by atoms with Gasteiger partial charge in [-0.15, -0.1) is 0 Å². The fourth-order valence-corrected chi connectivity index (χ4v) is 2.18. The molecule has 1 aliphatic heterocycles. The van der Waals surface area contributed by atoms with Crippen molar-refractivity contribution >= 4 is 17.2 Å². The van der Waals surface area contributed by atoms with E-state index in [1.165, 1.54) is 5.56 Å². The lowest BCUT2D eigenvalue weighted by molar-refractivity contribution is -0.00436. The third-order valence-electron chi connectivity index (χ3n) is 3.10. The highest BCUT2D eigenvalue weighted by Gasteiger charge is 2.18. The van der Waals surface area contributed by atoms with E-state index in [0.29, 0.717) is 11.0 Å². The van der Waals surface area contributed by atoms with Crippen LogP contribution >= 0.6 is 12.2 Å². The summed E-state index contributed by atoms with van der Waals surface area (Å²) in [5.74, 6) is 0. The van der Waals surface area contributed by atoms with Crippen LogP contribution in [0.25, 0.3) is 0 Å². The van der Waals surface area contributed by atoms with Crippen molar-refractivity contribution in [3.05, 3.63) is 35.4 Å². The Kier molecular flexibility index (Phi) is 4.10. The largest absolute Gasteiger partial charge is 0.389 e. The molecule has 4 heteroatoms. The number of hydrogen-bond acceptors (Lipinski definition) is 3. The van der Waals surface area contributed by atoms with Gasteiger partial charge in [-0.05, 0) is 18.6 Å². The van der Waals surface area contributed by atoms with Crippen LogP contribution in [0.15, 0.2) is 24.3 Å². The Morgan fingerprint density at radius 1 is 1.59 bits per heavy atom. The van der Waals surface area contributed by atoms with Crippen LogP contribution in [0.4, 0.5) is 0 Å². The van der Waals surface area contributed by atoms with Gasteiger partial charge >= 0.3 is 0 Å². The molecule has 92 valence electrons. The standard InChI is InChI=1S/C13H18N2OS/c1-10-9-16-6-5-15(10)8-11-3-2-4-12(7-11)13(14)17/h2-4,7,10H,5-6,8-9H2,1H3,(H2,14,17). The van der Waals surface area contributed by atoms with Crippen molar-refractivity contribution in [3.63, 3.8) is 0 Å². The first kappa shape index (κ1) is 12.5. The number of morpholine rings is 1. The summed E-state index contributed by atoms with van der Waals surface area (Å²) in [5.41, 5.74) is 7.84. The van der Waals surface area contributed by atoms with Crippen molar-refractivity contribution in [2.24, 2.45) is 5.73 Å². The Balaban J connectivity index is 2.07. The second-order valence-electron chi connectivity index (χ2n) is 4.46. The highest BCUT2D eigenvalue weighted by atomic mass is 32.1. The van der Waals surface area contributed by atoms with E-state index >= 15 is 0 Å². The molecule has 1 heterocycles. The normalized spacial score (nSPS) is 21.4. The maximum Gasteiger partial charge on any atom is 0.103 e. The summed E-state index contributed by atoms with van der Waals surface area (Å²) < 4.78 is 5.43. The fraction of sp³-hybridized carbons (Fsp3) is 0.462. The van der Waals surface area contributed by atoms with Gasteiger partial charge in [0.2, 0.25) is 0 Å². The second kappa shape index (κ2) is 5.58. The Hall–Kier alpha value is -0.970. The van der Waals surface area contributed by atoms with Gasteiger partial charge < -0.3 is 10.5 Å². The molecule has 0 saturated carbocycles. The van der Waals surface area contributed by atoms with Crippen LogP contribution in [0.5, 0.6) is 0 Å². The molecular formula is C13H18N2OS. The number of rotatable bonds is 3. The second-order valence-corrected chi connectivity index (χ2v) is 4.90. The predicted molar refractivity (Wildman–Crippen MR) is 73.0 cm³/mol. The lowest BCUT2D eigenvalue weighted by Gasteiger charge is -2.33. The molecule has 0 spiro atoms. The van der Waals surface area contributed by atoms with E-state index in [0.717, 1.165) is 31.9 Å². The van der Waals surface area contributed by atoms with Crippen molar-refractivity contribution < 1.29 is 4.74 Å². The minimum absolute atomic E-state index is 0.460. The lowest BCUT2D eigenvalue weighted by atomic mass is 10.1. The summed E-state index contributed by atoms with van der Waals surface area (Å²) >= 11 is 4.99. The molecule has 3 nitrogen and oxygen atoms in total. The molecule has 0 aromatic heterocycles. The van der Waals surface area contributed by atoms with Crippen molar-refractivity contribution in [1.82, 2.24) is 4.90 Å². The molecule has 1 aromatic rings. The molecule has 0 aliphatic carbocycles. The molecule has 1 aliphatic rings. The zero-order chi connectivity index (χ0) is 12.3. The van der Waals surface area contributed by atoms with Gasteiger partial charge in [-0.2, -0.15) is 0 Å². The maximum atomic E-state index is 5.64. The van der Waals surface area contributed by atoms with Crippen LogP contribution in [0.1, 0.15) is 18.1 Å². The van der Waals surface area contributed by atoms with E-state index in [1.54, 1.807) is 0 Å². The molecule has 0 bridgehead atoms. The highest BCUT2D eigenvalue weighted by Crippen LogP contribution is 2.13. The SMILES string of the molecule is CC1COCCN1Cc1cccc(C(N)=S)c1. The molecule has 1 aromatic carbocycles. The van der Waals surface area contributed by atoms with Gasteiger partial charge in [0.25, 0.3) is 0 Å². The Labute approximate surface area is 108 Å². The summed E-state index contributed by atoms with van der Waals surface area (Å²) in [6.45, 7) is 5.74. The van der Waals surface area contributed by atoms with E-state index in [9.17, 15) is 0 Å². The van der Waals surface area contributed by atoms with Gasteiger partial charge in [0.05, 0.1) is 13.2 Å². The molecule has 0 radical (unpaired) electrons. The molecule has 1 unspecified atom stereocenters. The minimum Gasteiger partial charge on any atom is -0.389 e. The Bertz CT molecular complexity index is 408. The molecule has 2 rings (SSSR count). The average Bonchev–Trinajstić information content (AvgIpc) is 2.32. The maximum absolute atomic E-state index is 5.64. The third-order valence-corrected chi connectivity index (χ3v) is 3.34. The molecule has 17 heavy (non-hydrogen) atoms. The van der Waals surface area contributed by atoms with Crippen LogP contribution in [-0.4, -0.2) is 35.7 Å². The predicted octanol–water partition coefficient (Wildman–Crippen LogP) is 1.54. The number of hydrogen-bond donors (Lipinski definition) is 1. The van der Waals surface area contributed by atoms with Crippen LogP contribution in [-0.2, 0) is 11.3 Å². The van der Waals surface area contributed by atoms with Crippen molar-refractivity contribution in [2.45, 2.75) is 19.5 Å². The van der Waals surface area contributed by atoms with Crippen LogP contribution < -0.4 is 5.73 Å². The Morgan fingerprint density at radius 2 is 2.41 bits per heavy atom. The van der Waals surface area contributed by atoms with E-state index in [2.05, 4.69) is 24.0 Å². The van der Waals surface area contributed by atoms with Crippen LogP contribution in [0.3, 0.4) is 0 Å². The summed E-state index contributed by atoms with van der Waals surface area (Å²) in [6.07, 6.45) is 0. The molecule has 2 N–H and O–H groups in total. The van der Waals surface area contributed by atoms with Gasteiger partial charge in [0.1, 0.15) is 4.99 Å². The van der Waals surface area contributed by atoms with Gasteiger partial charge in [-0.1, -0.05) is 30.4 Å². The summed E-state index contributed by atoms with van der Waals surface area (Å²) in [4.78, 5) is 2.88. The lowest BCUT2D eigenvalue weighted by Crippen LogP contribution is -2.42. The first-order valence-corrected chi connectivity index (χ1v) is 6.28. The van der Waals surface area contributed by atoms with Crippen molar-refractivity contribution in [1.29, 1.82) is 0 Å². The van der Waals surface area contributed by atoms with Crippen LogP contribution in [0, 0.1) is 0 Å². The van der Waals surface area contributed by atoms with E-state index in [-0.39, 0.29) is 0 Å². The number of thiocarbonyl (C=S) groups is 1. The zero-order valence-electron chi connectivity index (χ0n) is 10.1. The summed E-state index contributed by atoms with van der Waals surface area (Å²) in [7, 11) is 0. The average molecular weight is 250 g/mol. The van der Waals surface area contributed by atoms with Gasteiger partial charge in [0, 0.05) is 24.7 Å². The number of nitrogens with zero attached hydrogens (tertiary/aromatic N) is 1. The summed E-state index contributed by atoms with van der Waals surface area (Å²) in [5, 5.41) is 0.